The van der Waals surface area contributed by atoms with Crippen LogP contribution in [-0.2, 0) is 24.0 Å². The highest BCUT2D eigenvalue weighted by Crippen LogP contribution is 2.04. The molecule has 13 nitrogen and oxygen atoms in total. The lowest BCUT2D eigenvalue weighted by Gasteiger charge is -2.26. The topological polar surface area (TPSA) is 234 Å². The molecule has 0 fully saturated rings. The molecule has 4 atom stereocenters. The number of carboxylic acid groups (broad SMARTS) is 1. The van der Waals surface area contributed by atoms with Gasteiger partial charge in [0, 0.05) is 6.42 Å². The molecule has 4 amide bonds. The molecule has 0 radical (unpaired) electrons. The van der Waals surface area contributed by atoms with Crippen LogP contribution in [0.3, 0.4) is 0 Å². The summed E-state index contributed by atoms with van der Waals surface area (Å²) in [6.07, 6.45) is -0.563. The van der Waals surface area contributed by atoms with Crippen LogP contribution < -0.4 is 27.4 Å². The molecule has 0 aliphatic carbocycles. The number of carboxylic acids is 1. The quantitative estimate of drug-likeness (QED) is 0.144. The van der Waals surface area contributed by atoms with Crippen molar-refractivity contribution in [2.45, 2.75) is 50.9 Å². The van der Waals surface area contributed by atoms with Crippen molar-refractivity contribution in [1.29, 1.82) is 0 Å². The maximum absolute atomic E-state index is 12.4. The van der Waals surface area contributed by atoms with Crippen LogP contribution >= 0.6 is 0 Å². The fourth-order valence-electron chi connectivity index (χ4n) is 2.15. The highest BCUT2D eigenvalue weighted by Gasteiger charge is 2.31. The van der Waals surface area contributed by atoms with Gasteiger partial charge in [-0.2, -0.15) is 0 Å². The van der Waals surface area contributed by atoms with Crippen molar-refractivity contribution in [1.82, 2.24) is 16.0 Å². The Kier molecular flexibility index (Phi) is 11.4. The van der Waals surface area contributed by atoms with Crippen molar-refractivity contribution < 1.29 is 39.3 Å². The van der Waals surface area contributed by atoms with Gasteiger partial charge in [-0.15, -0.1) is 0 Å². The zero-order valence-electron chi connectivity index (χ0n) is 16.3. The molecule has 0 saturated heterocycles. The van der Waals surface area contributed by atoms with Gasteiger partial charge < -0.3 is 42.7 Å². The number of amides is 4. The molecule has 0 rings (SSSR count). The second-order valence-corrected chi connectivity index (χ2v) is 6.67. The van der Waals surface area contributed by atoms with Crippen molar-refractivity contribution >= 4 is 29.6 Å². The predicted molar refractivity (Wildman–Crippen MR) is 98.8 cm³/mol. The number of carbonyl (C=O) groups is 5. The smallest absolute Gasteiger partial charge is 0.326 e. The number of aliphatic hydroxyl groups excluding tert-OH is 2. The highest BCUT2D eigenvalue weighted by atomic mass is 16.4. The van der Waals surface area contributed by atoms with Crippen molar-refractivity contribution in [3.8, 4) is 0 Å². The van der Waals surface area contributed by atoms with Gasteiger partial charge in [0.25, 0.3) is 0 Å². The minimum Gasteiger partial charge on any atom is -0.480 e. The van der Waals surface area contributed by atoms with Gasteiger partial charge in [-0.1, -0.05) is 13.8 Å². The van der Waals surface area contributed by atoms with E-state index in [1.165, 1.54) is 0 Å². The first-order valence-corrected chi connectivity index (χ1v) is 8.84. The number of hydrogen-bond acceptors (Lipinski definition) is 8. The van der Waals surface area contributed by atoms with E-state index in [0.717, 1.165) is 0 Å². The maximum atomic E-state index is 12.4. The molecule has 29 heavy (non-hydrogen) atoms. The van der Waals surface area contributed by atoms with Gasteiger partial charge in [0.05, 0.1) is 13.2 Å². The van der Waals surface area contributed by atoms with Crippen LogP contribution in [0, 0.1) is 5.92 Å². The summed E-state index contributed by atoms with van der Waals surface area (Å²) in [6, 6.07) is -5.35. The zero-order chi connectivity index (χ0) is 22.7. The maximum Gasteiger partial charge on any atom is 0.326 e. The molecule has 0 bridgehead atoms. The summed E-state index contributed by atoms with van der Waals surface area (Å²) in [5, 5.41) is 34.1. The number of rotatable bonds is 13. The highest BCUT2D eigenvalue weighted by molar-refractivity contribution is 5.94. The standard InChI is InChI=1S/C16H29N5O8/c1-7(2)12(21-13(25)8(17)5-22)15(27)20-10(6-23)14(26)19-9(16(28)29)3-4-11(18)24/h7-10,12,22-23H,3-6,17H2,1-2H3,(H2,18,24)(H,19,26)(H,20,27)(H,21,25)(H,28,29). The SMILES string of the molecule is CC(C)C(NC(=O)C(N)CO)C(=O)NC(CO)C(=O)NC(CCC(N)=O)C(=O)O. The molecular formula is C16H29N5O8. The van der Waals surface area contributed by atoms with E-state index in [1.54, 1.807) is 13.8 Å². The predicted octanol–water partition coefficient (Wildman–Crippen LogP) is -4.24. The second-order valence-electron chi connectivity index (χ2n) is 6.67. The Bertz CT molecular complexity index is 612. The molecule has 0 aliphatic heterocycles. The van der Waals surface area contributed by atoms with E-state index in [2.05, 4.69) is 16.0 Å². The zero-order valence-corrected chi connectivity index (χ0v) is 16.3. The summed E-state index contributed by atoms with van der Waals surface area (Å²) in [7, 11) is 0. The molecule has 0 spiro atoms. The van der Waals surface area contributed by atoms with Crippen LogP contribution in [0.15, 0.2) is 0 Å². The van der Waals surface area contributed by atoms with Crippen molar-refractivity contribution in [2.24, 2.45) is 17.4 Å². The summed E-state index contributed by atoms with van der Waals surface area (Å²) in [6.45, 7) is 1.72. The van der Waals surface area contributed by atoms with Crippen molar-refractivity contribution in [2.75, 3.05) is 13.2 Å². The van der Waals surface area contributed by atoms with Gasteiger partial charge in [-0.25, -0.2) is 4.79 Å². The molecule has 10 N–H and O–H groups in total. The van der Waals surface area contributed by atoms with Crippen molar-refractivity contribution in [3.63, 3.8) is 0 Å². The Morgan fingerprint density at radius 1 is 0.862 bits per heavy atom. The van der Waals surface area contributed by atoms with Crippen LogP contribution in [0.1, 0.15) is 26.7 Å². The van der Waals surface area contributed by atoms with Gasteiger partial charge in [-0.3, -0.25) is 19.2 Å². The number of nitrogens with two attached hydrogens (primary N) is 2. The number of hydrogen-bond donors (Lipinski definition) is 8. The minimum absolute atomic E-state index is 0.272. The third kappa shape index (κ3) is 9.32. The summed E-state index contributed by atoms with van der Waals surface area (Å²) in [5.74, 6) is -5.23. The molecule has 13 heteroatoms. The summed E-state index contributed by atoms with van der Waals surface area (Å²) in [5.41, 5.74) is 10.3. The molecular weight excluding hydrogens is 390 g/mol. The van der Waals surface area contributed by atoms with Crippen LogP contribution in [0.5, 0.6) is 0 Å². The summed E-state index contributed by atoms with van der Waals surface area (Å²) < 4.78 is 0. The van der Waals surface area contributed by atoms with Crippen LogP contribution in [0.2, 0.25) is 0 Å². The van der Waals surface area contributed by atoms with Crippen LogP contribution in [0.25, 0.3) is 0 Å². The average molecular weight is 419 g/mol. The lowest BCUT2D eigenvalue weighted by molar-refractivity contribution is -0.143. The Morgan fingerprint density at radius 2 is 1.41 bits per heavy atom. The van der Waals surface area contributed by atoms with Gasteiger partial charge in [-0.05, 0) is 12.3 Å². The van der Waals surface area contributed by atoms with Gasteiger partial charge in [0.2, 0.25) is 23.6 Å². The number of primary amides is 1. The molecule has 4 unspecified atom stereocenters. The second kappa shape index (κ2) is 12.6. The van der Waals surface area contributed by atoms with Crippen LogP contribution in [-0.4, -0.2) is 82.3 Å². The Balaban J connectivity index is 5.12. The molecule has 0 saturated carbocycles. The number of nitrogens with one attached hydrogen (secondary N) is 3. The van der Waals surface area contributed by atoms with E-state index in [4.69, 9.17) is 21.7 Å². The number of aliphatic carboxylic acids is 1. The van der Waals surface area contributed by atoms with E-state index in [9.17, 15) is 29.1 Å². The van der Waals surface area contributed by atoms with E-state index in [0.29, 0.717) is 0 Å². The van der Waals surface area contributed by atoms with Gasteiger partial charge in [0.15, 0.2) is 0 Å². The molecule has 0 aromatic heterocycles. The summed E-state index contributed by atoms with van der Waals surface area (Å²) >= 11 is 0. The Morgan fingerprint density at radius 3 is 1.83 bits per heavy atom. The molecule has 0 heterocycles. The third-order valence-electron chi connectivity index (χ3n) is 3.89. The average Bonchev–Trinajstić information content (AvgIpc) is 2.65. The fraction of sp³-hybridized carbons (Fsp3) is 0.688. The third-order valence-corrected chi connectivity index (χ3v) is 3.89. The number of aliphatic hydroxyl groups is 2. The fourth-order valence-corrected chi connectivity index (χ4v) is 2.15. The van der Waals surface area contributed by atoms with E-state index >= 15 is 0 Å². The number of carbonyl (C=O) groups excluding carboxylic acids is 4. The molecule has 166 valence electrons. The Labute approximate surface area is 167 Å². The first kappa shape index (κ1) is 26.2. The molecule has 0 aromatic rings. The first-order valence-electron chi connectivity index (χ1n) is 8.84. The molecule has 0 aliphatic rings. The lowest BCUT2D eigenvalue weighted by atomic mass is 10.0. The Hall–Kier alpha value is -2.77. The minimum atomic E-state index is -1.51. The first-order chi connectivity index (χ1) is 13.4. The van der Waals surface area contributed by atoms with E-state index in [1.807, 2.05) is 0 Å². The largest absolute Gasteiger partial charge is 0.480 e. The van der Waals surface area contributed by atoms with E-state index < -0.39 is 72.9 Å². The van der Waals surface area contributed by atoms with Crippen LogP contribution in [0.4, 0.5) is 0 Å². The van der Waals surface area contributed by atoms with E-state index in [-0.39, 0.29) is 12.8 Å². The van der Waals surface area contributed by atoms with Gasteiger partial charge >= 0.3 is 5.97 Å². The van der Waals surface area contributed by atoms with Gasteiger partial charge in [0.1, 0.15) is 24.2 Å². The normalized spacial score (nSPS) is 15.0. The monoisotopic (exact) mass is 419 g/mol. The lowest BCUT2D eigenvalue weighted by Crippen LogP contribution is -2.59. The molecule has 0 aromatic carbocycles. The summed E-state index contributed by atoms with van der Waals surface area (Å²) in [4.78, 5) is 58.5. The van der Waals surface area contributed by atoms with Crippen molar-refractivity contribution in [3.05, 3.63) is 0 Å².